The molecule has 1 saturated carbocycles. The second kappa shape index (κ2) is 6.53. The first-order chi connectivity index (χ1) is 13.0. The lowest BCUT2D eigenvalue weighted by Crippen LogP contribution is -2.58. The summed E-state index contributed by atoms with van der Waals surface area (Å²) in [6.45, 7) is 0. The van der Waals surface area contributed by atoms with Gasteiger partial charge in [-0.1, -0.05) is 12.5 Å². The third kappa shape index (κ3) is 2.97. The standard InChI is InChI=1S/C19H21FN6O/c20-14-12-13(25-11-5-2-6-16(25)27)7-8-15(14)26-18(22)23-17(21)24-19(26)9-3-1-4-10-19/h2,5-8,11-12H,1,3-4,9-10H2,(H4,21,22,23,24). The number of nitrogens with zero attached hydrogens (tertiary/aromatic N) is 4. The molecule has 0 amide bonds. The number of hydrogen-bond donors (Lipinski definition) is 2. The molecule has 0 atom stereocenters. The fourth-order valence-corrected chi connectivity index (χ4v) is 3.94. The van der Waals surface area contributed by atoms with Gasteiger partial charge in [0, 0.05) is 18.3 Å². The van der Waals surface area contributed by atoms with Crippen molar-refractivity contribution < 1.29 is 4.39 Å². The van der Waals surface area contributed by atoms with Crippen molar-refractivity contribution in [3.8, 4) is 5.69 Å². The van der Waals surface area contributed by atoms with Crippen LogP contribution in [0.25, 0.3) is 5.69 Å². The maximum absolute atomic E-state index is 15.1. The molecule has 1 aliphatic heterocycles. The molecule has 27 heavy (non-hydrogen) atoms. The first kappa shape index (κ1) is 17.3. The molecule has 0 radical (unpaired) electrons. The van der Waals surface area contributed by atoms with Gasteiger partial charge in [0.2, 0.25) is 11.9 Å². The molecule has 1 aromatic carbocycles. The van der Waals surface area contributed by atoms with Crippen LogP contribution in [0.3, 0.4) is 0 Å². The fraction of sp³-hybridized carbons (Fsp3) is 0.316. The van der Waals surface area contributed by atoms with E-state index in [4.69, 9.17) is 11.5 Å². The molecule has 4 rings (SSSR count). The summed E-state index contributed by atoms with van der Waals surface area (Å²) >= 11 is 0. The van der Waals surface area contributed by atoms with Crippen LogP contribution >= 0.6 is 0 Å². The zero-order chi connectivity index (χ0) is 19.0. The first-order valence-electron chi connectivity index (χ1n) is 8.97. The van der Waals surface area contributed by atoms with E-state index < -0.39 is 11.5 Å². The number of aromatic nitrogens is 1. The van der Waals surface area contributed by atoms with Crippen LogP contribution in [0.15, 0.2) is 57.4 Å². The predicted molar refractivity (Wildman–Crippen MR) is 104 cm³/mol. The molecule has 140 valence electrons. The quantitative estimate of drug-likeness (QED) is 0.847. The van der Waals surface area contributed by atoms with E-state index in [0.717, 1.165) is 32.1 Å². The SMILES string of the molecule is NC1=NC2(CCCCC2)N(c2ccc(-n3ccccc3=O)cc2F)C(N)=N1. The highest BCUT2D eigenvalue weighted by atomic mass is 19.1. The minimum absolute atomic E-state index is 0.124. The van der Waals surface area contributed by atoms with E-state index in [1.807, 2.05) is 0 Å². The number of benzene rings is 1. The van der Waals surface area contributed by atoms with Crippen LogP contribution in [0.2, 0.25) is 0 Å². The van der Waals surface area contributed by atoms with Crippen molar-refractivity contribution in [3.05, 3.63) is 58.8 Å². The molecule has 0 bridgehead atoms. The molecule has 1 fully saturated rings. The lowest BCUT2D eigenvalue weighted by Gasteiger charge is -2.45. The fourth-order valence-electron chi connectivity index (χ4n) is 3.94. The van der Waals surface area contributed by atoms with Gasteiger partial charge in [0.1, 0.15) is 11.5 Å². The van der Waals surface area contributed by atoms with E-state index in [2.05, 4.69) is 9.98 Å². The molecule has 1 aromatic heterocycles. The molecular weight excluding hydrogens is 347 g/mol. The van der Waals surface area contributed by atoms with Crippen molar-refractivity contribution >= 4 is 17.6 Å². The summed E-state index contributed by atoms with van der Waals surface area (Å²) in [6, 6.07) is 9.41. The molecule has 2 aromatic rings. The Bertz CT molecular complexity index is 990. The summed E-state index contributed by atoms with van der Waals surface area (Å²) in [5.74, 6) is -0.242. The van der Waals surface area contributed by atoms with Crippen LogP contribution in [0.4, 0.5) is 10.1 Å². The molecule has 2 aliphatic rings. The Balaban J connectivity index is 1.79. The average molecular weight is 368 g/mol. The summed E-state index contributed by atoms with van der Waals surface area (Å²) in [5.41, 5.74) is 11.8. The number of hydrogen-bond acceptors (Lipinski definition) is 6. The van der Waals surface area contributed by atoms with Gasteiger partial charge in [0.15, 0.2) is 0 Å². The Morgan fingerprint density at radius 1 is 1.07 bits per heavy atom. The number of pyridine rings is 1. The van der Waals surface area contributed by atoms with Crippen LogP contribution in [-0.4, -0.2) is 22.1 Å². The number of guanidine groups is 2. The zero-order valence-corrected chi connectivity index (χ0v) is 14.8. The molecule has 2 heterocycles. The van der Waals surface area contributed by atoms with Crippen LogP contribution in [-0.2, 0) is 0 Å². The molecule has 1 aliphatic carbocycles. The largest absolute Gasteiger partial charge is 0.369 e. The molecule has 0 unspecified atom stereocenters. The number of aliphatic imine (C=N–C) groups is 2. The van der Waals surface area contributed by atoms with Crippen LogP contribution in [0.1, 0.15) is 32.1 Å². The average Bonchev–Trinajstić information content (AvgIpc) is 2.63. The van der Waals surface area contributed by atoms with Crippen molar-refractivity contribution in [2.75, 3.05) is 4.90 Å². The van der Waals surface area contributed by atoms with E-state index in [0.29, 0.717) is 5.69 Å². The normalized spacial score (nSPS) is 18.9. The second-order valence-corrected chi connectivity index (χ2v) is 6.86. The third-order valence-corrected chi connectivity index (χ3v) is 5.12. The molecule has 4 N–H and O–H groups in total. The Morgan fingerprint density at radius 3 is 2.56 bits per heavy atom. The topological polar surface area (TPSA) is 102 Å². The van der Waals surface area contributed by atoms with E-state index >= 15 is 4.39 Å². The molecule has 0 saturated heterocycles. The number of rotatable bonds is 2. The Hall–Kier alpha value is -3.16. The lowest BCUT2D eigenvalue weighted by atomic mass is 9.87. The number of anilines is 1. The Morgan fingerprint density at radius 2 is 1.85 bits per heavy atom. The van der Waals surface area contributed by atoms with E-state index in [1.54, 1.807) is 35.4 Å². The van der Waals surface area contributed by atoms with Crippen LogP contribution in [0, 0.1) is 5.82 Å². The maximum atomic E-state index is 15.1. The summed E-state index contributed by atoms with van der Waals surface area (Å²) in [6.07, 6.45) is 6.06. The van der Waals surface area contributed by atoms with Gasteiger partial charge in [-0.15, -0.1) is 0 Å². The maximum Gasteiger partial charge on any atom is 0.255 e. The predicted octanol–water partition coefficient (Wildman–Crippen LogP) is 2.09. The monoisotopic (exact) mass is 368 g/mol. The molecular formula is C19H21FN6O. The van der Waals surface area contributed by atoms with E-state index in [1.165, 1.54) is 16.7 Å². The smallest absolute Gasteiger partial charge is 0.255 e. The second-order valence-electron chi connectivity index (χ2n) is 6.86. The van der Waals surface area contributed by atoms with Crippen molar-refractivity contribution in [2.24, 2.45) is 21.5 Å². The van der Waals surface area contributed by atoms with Crippen molar-refractivity contribution in [1.29, 1.82) is 0 Å². The molecule has 7 nitrogen and oxygen atoms in total. The van der Waals surface area contributed by atoms with Gasteiger partial charge in [-0.3, -0.25) is 14.3 Å². The van der Waals surface area contributed by atoms with Crippen molar-refractivity contribution in [1.82, 2.24) is 4.57 Å². The molecule has 8 heteroatoms. The van der Waals surface area contributed by atoms with Gasteiger partial charge in [0.25, 0.3) is 5.56 Å². The van der Waals surface area contributed by atoms with Gasteiger partial charge < -0.3 is 11.5 Å². The zero-order valence-electron chi connectivity index (χ0n) is 14.8. The minimum Gasteiger partial charge on any atom is -0.369 e. The van der Waals surface area contributed by atoms with Crippen LogP contribution in [0.5, 0.6) is 0 Å². The van der Waals surface area contributed by atoms with Gasteiger partial charge >= 0.3 is 0 Å². The summed E-state index contributed by atoms with van der Waals surface area (Å²) in [4.78, 5) is 22.3. The van der Waals surface area contributed by atoms with Gasteiger partial charge in [-0.2, -0.15) is 4.99 Å². The Labute approximate surface area is 155 Å². The highest BCUT2D eigenvalue weighted by Crippen LogP contribution is 2.40. The van der Waals surface area contributed by atoms with Crippen molar-refractivity contribution in [3.63, 3.8) is 0 Å². The van der Waals surface area contributed by atoms with E-state index in [-0.39, 0.29) is 23.2 Å². The van der Waals surface area contributed by atoms with Gasteiger partial charge in [-0.05, 0) is 43.9 Å². The number of halogens is 1. The van der Waals surface area contributed by atoms with Crippen molar-refractivity contribution in [2.45, 2.75) is 37.8 Å². The summed E-state index contributed by atoms with van der Waals surface area (Å²) in [5, 5.41) is 0. The highest BCUT2D eigenvalue weighted by Gasteiger charge is 2.43. The highest BCUT2D eigenvalue weighted by molar-refractivity contribution is 6.05. The summed E-state index contributed by atoms with van der Waals surface area (Å²) < 4.78 is 16.5. The minimum atomic E-state index is -0.708. The Kier molecular flexibility index (Phi) is 4.18. The number of nitrogens with two attached hydrogens (primary N) is 2. The van der Waals surface area contributed by atoms with Gasteiger partial charge in [-0.25, -0.2) is 9.38 Å². The summed E-state index contributed by atoms with van der Waals surface area (Å²) in [7, 11) is 0. The van der Waals surface area contributed by atoms with E-state index in [9.17, 15) is 4.79 Å². The third-order valence-electron chi connectivity index (χ3n) is 5.12. The van der Waals surface area contributed by atoms with Gasteiger partial charge in [0.05, 0.1) is 11.4 Å². The lowest BCUT2D eigenvalue weighted by molar-refractivity contribution is 0.304. The first-order valence-corrected chi connectivity index (χ1v) is 8.97. The van der Waals surface area contributed by atoms with Crippen LogP contribution < -0.4 is 21.9 Å². The molecule has 1 spiro atoms.